The van der Waals surface area contributed by atoms with Gasteiger partial charge in [0.15, 0.2) is 0 Å². The minimum atomic E-state index is 0.0470. The first-order valence-corrected chi connectivity index (χ1v) is 8.80. The molecule has 1 aliphatic rings. The van der Waals surface area contributed by atoms with Crippen molar-refractivity contribution >= 4 is 5.91 Å². The van der Waals surface area contributed by atoms with Crippen LogP contribution in [0.25, 0.3) is 0 Å². The second kappa shape index (κ2) is 8.28. The molecule has 0 spiro atoms. The van der Waals surface area contributed by atoms with Crippen LogP contribution in [0.1, 0.15) is 21.5 Å². The van der Waals surface area contributed by atoms with E-state index >= 15 is 0 Å². The van der Waals surface area contributed by atoms with Crippen molar-refractivity contribution in [3.63, 3.8) is 0 Å². The van der Waals surface area contributed by atoms with E-state index in [1.807, 2.05) is 24.3 Å². The van der Waals surface area contributed by atoms with Crippen molar-refractivity contribution in [2.24, 2.45) is 0 Å². The Kier molecular flexibility index (Phi) is 5.84. The Balaban J connectivity index is 1.61. The molecule has 0 radical (unpaired) electrons. The second-order valence-corrected chi connectivity index (χ2v) is 6.82. The highest BCUT2D eigenvalue weighted by Crippen LogP contribution is 2.15. The summed E-state index contributed by atoms with van der Waals surface area (Å²) < 4.78 is 5.94. The average molecular weight is 338 g/mol. The molecule has 1 fully saturated rings. The molecule has 3 rings (SSSR count). The van der Waals surface area contributed by atoms with Gasteiger partial charge in [-0.25, -0.2) is 0 Å². The highest BCUT2D eigenvalue weighted by atomic mass is 16.5. The summed E-state index contributed by atoms with van der Waals surface area (Å²) in [6.07, 6.45) is 1.17. The molecule has 132 valence electrons. The zero-order valence-electron chi connectivity index (χ0n) is 15.0. The van der Waals surface area contributed by atoms with E-state index < -0.39 is 0 Å². The van der Waals surface area contributed by atoms with Gasteiger partial charge in [0.2, 0.25) is 0 Å². The molecule has 0 aliphatic carbocycles. The number of amides is 1. The van der Waals surface area contributed by atoms with Gasteiger partial charge in [0.25, 0.3) is 5.91 Å². The Morgan fingerprint density at radius 3 is 2.64 bits per heavy atom. The summed E-state index contributed by atoms with van der Waals surface area (Å²) in [6.45, 7) is 3.45. The van der Waals surface area contributed by atoms with Crippen molar-refractivity contribution in [1.29, 1.82) is 0 Å². The fraction of sp³-hybridized carbons (Fsp3) is 0.381. The number of carbonyl (C=O) groups excluding carboxylic acids is 1. The lowest BCUT2D eigenvalue weighted by Gasteiger charge is -2.33. The smallest absolute Gasteiger partial charge is 0.253 e. The van der Waals surface area contributed by atoms with Crippen molar-refractivity contribution in [2.45, 2.75) is 19.1 Å². The minimum Gasteiger partial charge on any atom is -0.375 e. The van der Waals surface area contributed by atoms with E-state index in [-0.39, 0.29) is 12.0 Å². The van der Waals surface area contributed by atoms with Gasteiger partial charge >= 0.3 is 0 Å². The molecule has 1 amide bonds. The van der Waals surface area contributed by atoms with Crippen LogP contribution in [0.5, 0.6) is 0 Å². The number of rotatable bonds is 5. The van der Waals surface area contributed by atoms with Crippen LogP contribution in [0, 0.1) is 0 Å². The number of ether oxygens (including phenoxy) is 1. The summed E-state index contributed by atoms with van der Waals surface area (Å²) >= 11 is 0. The summed E-state index contributed by atoms with van der Waals surface area (Å²) in [4.78, 5) is 16.2. The normalized spacial score (nSPS) is 18.1. The molecule has 1 heterocycles. The summed E-state index contributed by atoms with van der Waals surface area (Å²) in [6, 6.07) is 18.4. The van der Waals surface area contributed by atoms with E-state index in [1.165, 1.54) is 11.1 Å². The van der Waals surface area contributed by atoms with Crippen molar-refractivity contribution in [3.8, 4) is 0 Å². The monoisotopic (exact) mass is 338 g/mol. The van der Waals surface area contributed by atoms with E-state index in [4.69, 9.17) is 4.74 Å². The number of morpholine rings is 1. The predicted molar refractivity (Wildman–Crippen MR) is 99.6 cm³/mol. The van der Waals surface area contributed by atoms with Gasteiger partial charge < -0.3 is 9.64 Å². The molecule has 25 heavy (non-hydrogen) atoms. The lowest BCUT2D eigenvalue weighted by atomic mass is 10.1. The Hall–Kier alpha value is -2.17. The first kappa shape index (κ1) is 17.6. The van der Waals surface area contributed by atoms with Crippen molar-refractivity contribution in [3.05, 3.63) is 71.3 Å². The second-order valence-electron chi connectivity index (χ2n) is 6.82. The Morgan fingerprint density at radius 2 is 1.88 bits per heavy atom. The van der Waals surface area contributed by atoms with Crippen LogP contribution < -0.4 is 0 Å². The van der Waals surface area contributed by atoms with Gasteiger partial charge in [-0.2, -0.15) is 0 Å². The van der Waals surface area contributed by atoms with E-state index in [0.29, 0.717) is 0 Å². The summed E-state index contributed by atoms with van der Waals surface area (Å²) in [5.74, 6) is 0.0470. The molecule has 0 unspecified atom stereocenters. The maximum Gasteiger partial charge on any atom is 0.253 e. The maximum atomic E-state index is 12.1. The third-order valence-electron chi connectivity index (χ3n) is 4.52. The SMILES string of the molecule is CN(C)C(=O)c1cccc(CN2CCO[C@@H](Cc3ccccc3)C2)c1. The standard InChI is InChI=1S/C21H26N2O2/c1-22(2)21(24)19-10-6-9-18(13-19)15-23-11-12-25-20(16-23)14-17-7-4-3-5-8-17/h3-10,13,20H,11-12,14-16H2,1-2H3/t20-/m0/s1. The summed E-state index contributed by atoms with van der Waals surface area (Å²) in [7, 11) is 3.57. The van der Waals surface area contributed by atoms with Gasteiger partial charge in [0, 0.05) is 39.3 Å². The van der Waals surface area contributed by atoms with Gasteiger partial charge in [0.1, 0.15) is 0 Å². The predicted octanol–water partition coefficient (Wildman–Crippen LogP) is 2.83. The highest BCUT2D eigenvalue weighted by Gasteiger charge is 2.21. The highest BCUT2D eigenvalue weighted by molar-refractivity contribution is 5.94. The van der Waals surface area contributed by atoms with Gasteiger partial charge in [-0.05, 0) is 29.7 Å². The molecule has 0 bridgehead atoms. The molecule has 4 nitrogen and oxygen atoms in total. The number of carbonyl (C=O) groups is 1. The maximum absolute atomic E-state index is 12.1. The summed E-state index contributed by atoms with van der Waals surface area (Å²) in [5.41, 5.74) is 3.23. The molecule has 1 aliphatic heterocycles. The lowest BCUT2D eigenvalue weighted by Crippen LogP contribution is -2.42. The van der Waals surface area contributed by atoms with Crippen LogP contribution in [0.3, 0.4) is 0 Å². The topological polar surface area (TPSA) is 32.8 Å². The molecule has 0 saturated carbocycles. The van der Waals surface area contributed by atoms with Crippen LogP contribution in [0.15, 0.2) is 54.6 Å². The van der Waals surface area contributed by atoms with Gasteiger partial charge in [-0.3, -0.25) is 9.69 Å². The molecule has 1 saturated heterocycles. The van der Waals surface area contributed by atoms with Crippen LogP contribution in [-0.2, 0) is 17.7 Å². The molecule has 0 aromatic heterocycles. The number of hydrogen-bond donors (Lipinski definition) is 0. The number of hydrogen-bond acceptors (Lipinski definition) is 3. The molecule has 0 N–H and O–H groups in total. The first-order chi connectivity index (χ1) is 12.1. The third-order valence-corrected chi connectivity index (χ3v) is 4.52. The van der Waals surface area contributed by atoms with Crippen LogP contribution in [-0.4, -0.2) is 55.6 Å². The molecule has 2 aromatic rings. The quantitative estimate of drug-likeness (QED) is 0.840. The van der Waals surface area contributed by atoms with Gasteiger partial charge in [-0.15, -0.1) is 0 Å². The largest absolute Gasteiger partial charge is 0.375 e. The van der Waals surface area contributed by atoms with Crippen molar-refractivity contribution < 1.29 is 9.53 Å². The van der Waals surface area contributed by atoms with E-state index in [0.717, 1.165) is 38.2 Å². The first-order valence-electron chi connectivity index (χ1n) is 8.80. The number of benzene rings is 2. The molecule has 2 aromatic carbocycles. The number of nitrogens with zero attached hydrogens (tertiary/aromatic N) is 2. The van der Waals surface area contributed by atoms with Crippen LogP contribution in [0.4, 0.5) is 0 Å². The van der Waals surface area contributed by atoms with Crippen molar-refractivity contribution in [2.75, 3.05) is 33.8 Å². The Bertz CT molecular complexity index is 700. The van der Waals surface area contributed by atoms with Crippen molar-refractivity contribution in [1.82, 2.24) is 9.80 Å². The molecule has 4 heteroatoms. The fourth-order valence-corrected chi connectivity index (χ4v) is 3.24. The van der Waals surface area contributed by atoms with E-state index in [1.54, 1.807) is 19.0 Å². The average Bonchev–Trinajstić information content (AvgIpc) is 2.62. The zero-order valence-corrected chi connectivity index (χ0v) is 15.0. The molecular formula is C21H26N2O2. The fourth-order valence-electron chi connectivity index (χ4n) is 3.24. The minimum absolute atomic E-state index is 0.0470. The van der Waals surface area contributed by atoms with Gasteiger partial charge in [-0.1, -0.05) is 42.5 Å². The van der Waals surface area contributed by atoms with E-state index in [2.05, 4.69) is 35.2 Å². The van der Waals surface area contributed by atoms with Gasteiger partial charge in [0.05, 0.1) is 12.7 Å². The Labute approximate surface area is 150 Å². The summed E-state index contributed by atoms with van der Waals surface area (Å²) in [5, 5.41) is 0. The van der Waals surface area contributed by atoms with E-state index in [9.17, 15) is 4.79 Å². The zero-order chi connectivity index (χ0) is 17.6. The molecule has 1 atom stereocenters. The van der Waals surface area contributed by atoms with Crippen LogP contribution >= 0.6 is 0 Å². The third kappa shape index (κ3) is 4.91. The Morgan fingerprint density at radius 1 is 1.12 bits per heavy atom. The van der Waals surface area contributed by atoms with Crippen LogP contribution in [0.2, 0.25) is 0 Å². The molecular weight excluding hydrogens is 312 g/mol. The lowest BCUT2D eigenvalue weighted by molar-refractivity contribution is -0.0305.